The Hall–Kier alpha value is -4.13. The number of rotatable bonds is 4. The Morgan fingerprint density at radius 3 is 2.46 bits per heavy atom. The molecule has 2 heterocycles. The zero-order valence-electron chi connectivity index (χ0n) is 14.6. The molecule has 0 saturated carbocycles. The normalized spacial score (nSPS) is 11.1. The Kier molecular flexibility index (Phi) is 4.47. The zero-order chi connectivity index (χ0) is 19.5. The zero-order valence-corrected chi connectivity index (χ0v) is 14.6. The molecule has 136 valence electrons. The summed E-state index contributed by atoms with van der Waals surface area (Å²) in [6.07, 6.45) is 6.92. The number of hydrogen-bond donors (Lipinski definition) is 0. The number of benzene rings is 2. The van der Waals surface area contributed by atoms with Crippen molar-refractivity contribution in [3.8, 4) is 5.69 Å². The molecule has 4 rings (SSSR count). The van der Waals surface area contributed by atoms with Crippen molar-refractivity contribution in [2.24, 2.45) is 0 Å². The van der Waals surface area contributed by atoms with Crippen molar-refractivity contribution >= 4 is 28.7 Å². The van der Waals surface area contributed by atoms with Crippen LogP contribution in [-0.4, -0.2) is 19.5 Å². The van der Waals surface area contributed by atoms with Crippen molar-refractivity contribution in [2.45, 2.75) is 0 Å². The van der Waals surface area contributed by atoms with Gasteiger partial charge in [-0.3, -0.25) is 24.5 Å². The van der Waals surface area contributed by atoms with Crippen LogP contribution in [0.2, 0.25) is 0 Å². The van der Waals surface area contributed by atoms with E-state index in [9.17, 15) is 14.9 Å². The Labute approximate surface area is 159 Å². The molecule has 0 atom stereocenters. The topological polar surface area (TPSA) is 90.9 Å². The third kappa shape index (κ3) is 3.28. The van der Waals surface area contributed by atoms with Crippen LogP contribution in [0.25, 0.3) is 28.7 Å². The predicted octanol–water partition coefficient (Wildman–Crippen LogP) is 3.86. The van der Waals surface area contributed by atoms with E-state index in [-0.39, 0.29) is 11.2 Å². The molecule has 2 aromatic heterocycles. The van der Waals surface area contributed by atoms with Crippen molar-refractivity contribution in [2.75, 3.05) is 0 Å². The van der Waals surface area contributed by atoms with E-state index in [0.29, 0.717) is 22.4 Å². The average molecular weight is 370 g/mol. The molecule has 0 bridgehead atoms. The molecule has 7 heteroatoms. The summed E-state index contributed by atoms with van der Waals surface area (Å²) in [5.74, 6) is 0.418. The number of pyridine rings is 1. The van der Waals surface area contributed by atoms with E-state index < -0.39 is 4.92 Å². The molecule has 0 N–H and O–H groups in total. The summed E-state index contributed by atoms with van der Waals surface area (Å²) in [5.41, 5.74) is 1.65. The Morgan fingerprint density at radius 1 is 0.964 bits per heavy atom. The van der Waals surface area contributed by atoms with Crippen LogP contribution in [-0.2, 0) is 0 Å². The summed E-state index contributed by atoms with van der Waals surface area (Å²) in [6.45, 7) is 0. The molecule has 0 fully saturated rings. The highest BCUT2D eigenvalue weighted by Gasteiger charge is 2.12. The maximum Gasteiger partial charge on any atom is 0.269 e. The lowest BCUT2D eigenvalue weighted by molar-refractivity contribution is -0.384. The molecule has 0 saturated heterocycles. The molecule has 0 spiro atoms. The molecule has 28 heavy (non-hydrogen) atoms. The van der Waals surface area contributed by atoms with E-state index in [0.717, 1.165) is 5.56 Å². The molecule has 0 aliphatic rings. The number of para-hydroxylation sites is 1. The Balaban J connectivity index is 1.92. The van der Waals surface area contributed by atoms with Gasteiger partial charge >= 0.3 is 0 Å². The quantitative estimate of drug-likeness (QED) is 0.402. The van der Waals surface area contributed by atoms with Gasteiger partial charge in [0, 0.05) is 24.5 Å². The fourth-order valence-corrected chi connectivity index (χ4v) is 2.88. The second-order valence-electron chi connectivity index (χ2n) is 6.02. The van der Waals surface area contributed by atoms with Gasteiger partial charge < -0.3 is 0 Å². The number of aromatic nitrogens is 3. The van der Waals surface area contributed by atoms with E-state index in [1.54, 1.807) is 36.7 Å². The summed E-state index contributed by atoms with van der Waals surface area (Å²) in [7, 11) is 0. The van der Waals surface area contributed by atoms with Gasteiger partial charge in [0.25, 0.3) is 11.2 Å². The number of nitrogens with zero attached hydrogens (tertiary/aromatic N) is 4. The lowest BCUT2D eigenvalue weighted by atomic mass is 10.2. The van der Waals surface area contributed by atoms with E-state index in [2.05, 4.69) is 9.97 Å². The maximum atomic E-state index is 13.1. The number of hydrogen-bond acceptors (Lipinski definition) is 5. The summed E-state index contributed by atoms with van der Waals surface area (Å²) < 4.78 is 1.44. The van der Waals surface area contributed by atoms with Gasteiger partial charge in [-0.2, -0.15) is 0 Å². The average Bonchev–Trinajstić information content (AvgIpc) is 2.73. The van der Waals surface area contributed by atoms with Crippen LogP contribution in [0.5, 0.6) is 0 Å². The molecule has 2 aromatic carbocycles. The molecule has 0 radical (unpaired) electrons. The molecular weight excluding hydrogens is 356 g/mol. The minimum Gasteiger partial charge on any atom is -0.268 e. The smallest absolute Gasteiger partial charge is 0.268 e. The standard InChI is InChI=1S/C21H14N4O3/c26-21-18-5-1-2-6-19(18)23-20(12-7-15-4-3-13-22-14-15)24(21)16-8-10-17(11-9-16)25(27)28/h1-14H/b12-7+. The number of nitro groups is 1. The highest BCUT2D eigenvalue weighted by atomic mass is 16.6. The summed E-state index contributed by atoms with van der Waals surface area (Å²) in [5, 5.41) is 11.4. The van der Waals surface area contributed by atoms with E-state index in [4.69, 9.17) is 0 Å². The van der Waals surface area contributed by atoms with Crippen LogP contribution in [0, 0.1) is 10.1 Å². The van der Waals surface area contributed by atoms with Gasteiger partial charge in [-0.05, 0) is 48.0 Å². The van der Waals surface area contributed by atoms with Gasteiger partial charge in [0.1, 0.15) is 5.82 Å². The summed E-state index contributed by atoms with van der Waals surface area (Å²) >= 11 is 0. The molecular formula is C21H14N4O3. The minimum absolute atomic E-state index is 0.0435. The first-order chi connectivity index (χ1) is 13.6. The largest absolute Gasteiger partial charge is 0.269 e. The summed E-state index contributed by atoms with van der Waals surface area (Å²) in [4.78, 5) is 32.2. The monoisotopic (exact) mass is 370 g/mol. The predicted molar refractivity (Wildman–Crippen MR) is 107 cm³/mol. The fraction of sp³-hybridized carbons (Fsp3) is 0. The molecule has 7 nitrogen and oxygen atoms in total. The van der Waals surface area contributed by atoms with Gasteiger partial charge in [-0.15, -0.1) is 0 Å². The molecule has 0 aliphatic heterocycles. The lowest BCUT2D eigenvalue weighted by Gasteiger charge is -2.11. The minimum atomic E-state index is -0.478. The Bertz CT molecular complexity index is 1250. The second kappa shape index (κ2) is 7.24. The summed E-state index contributed by atoms with van der Waals surface area (Å²) in [6, 6.07) is 16.6. The van der Waals surface area contributed by atoms with Crippen LogP contribution in [0.15, 0.2) is 77.9 Å². The van der Waals surface area contributed by atoms with Crippen molar-refractivity contribution in [1.82, 2.24) is 14.5 Å². The SMILES string of the molecule is O=c1c2ccccc2nc(/C=C/c2cccnc2)n1-c1ccc([N+](=O)[O-])cc1. The first-order valence-corrected chi connectivity index (χ1v) is 8.48. The van der Waals surface area contributed by atoms with Crippen LogP contribution in [0.1, 0.15) is 11.4 Å². The Morgan fingerprint density at radius 2 is 1.75 bits per heavy atom. The van der Waals surface area contributed by atoms with Crippen molar-refractivity contribution in [3.63, 3.8) is 0 Å². The number of non-ortho nitro benzene ring substituents is 1. The first-order valence-electron chi connectivity index (χ1n) is 8.48. The van der Waals surface area contributed by atoms with Gasteiger partial charge in [-0.25, -0.2) is 4.98 Å². The van der Waals surface area contributed by atoms with E-state index in [1.807, 2.05) is 24.3 Å². The number of fused-ring (bicyclic) bond motifs is 1. The van der Waals surface area contributed by atoms with E-state index >= 15 is 0 Å². The lowest BCUT2D eigenvalue weighted by Crippen LogP contribution is -2.22. The molecule has 4 aromatic rings. The van der Waals surface area contributed by atoms with E-state index in [1.165, 1.54) is 28.8 Å². The van der Waals surface area contributed by atoms with Crippen molar-refractivity contribution in [1.29, 1.82) is 0 Å². The van der Waals surface area contributed by atoms with Crippen LogP contribution in [0.4, 0.5) is 5.69 Å². The van der Waals surface area contributed by atoms with Gasteiger partial charge in [0.05, 0.1) is 21.5 Å². The molecule has 0 aliphatic carbocycles. The maximum absolute atomic E-state index is 13.1. The molecule has 0 unspecified atom stereocenters. The second-order valence-corrected chi connectivity index (χ2v) is 6.02. The highest BCUT2D eigenvalue weighted by Crippen LogP contribution is 2.18. The third-order valence-corrected chi connectivity index (χ3v) is 4.23. The van der Waals surface area contributed by atoms with Crippen LogP contribution >= 0.6 is 0 Å². The van der Waals surface area contributed by atoms with Crippen molar-refractivity contribution in [3.05, 3.63) is 105 Å². The highest BCUT2D eigenvalue weighted by molar-refractivity contribution is 5.80. The van der Waals surface area contributed by atoms with Gasteiger partial charge in [0.2, 0.25) is 0 Å². The fourth-order valence-electron chi connectivity index (χ4n) is 2.88. The number of nitro benzene ring substituents is 1. The van der Waals surface area contributed by atoms with Crippen LogP contribution < -0.4 is 5.56 Å². The van der Waals surface area contributed by atoms with Crippen molar-refractivity contribution < 1.29 is 4.92 Å². The van der Waals surface area contributed by atoms with Gasteiger partial charge in [0.15, 0.2) is 0 Å². The molecule has 0 amide bonds. The third-order valence-electron chi connectivity index (χ3n) is 4.23. The first kappa shape index (κ1) is 17.3. The van der Waals surface area contributed by atoms with Crippen LogP contribution in [0.3, 0.4) is 0 Å². The van der Waals surface area contributed by atoms with Gasteiger partial charge in [-0.1, -0.05) is 18.2 Å².